The van der Waals surface area contributed by atoms with Crippen molar-refractivity contribution in [3.05, 3.63) is 23.8 Å². The molecule has 0 spiro atoms. The number of hydrogen-bond donors (Lipinski definition) is 1. The van der Waals surface area contributed by atoms with Crippen LogP contribution in [0.5, 0.6) is 5.75 Å². The lowest BCUT2D eigenvalue weighted by atomic mass is 10.0. The lowest BCUT2D eigenvalue weighted by molar-refractivity contribution is -0.142. The minimum atomic E-state index is -1.11. The maximum absolute atomic E-state index is 11.2. The Hall–Kier alpha value is -2.22. The molecule has 0 aliphatic heterocycles. The van der Waals surface area contributed by atoms with E-state index in [1.165, 1.54) is 7.11 Å². The molecule has 5 heteroatoms. The van der Waals surface area contributed by atoms with Crippen LogP contribution >= 0.6 is 0 Å². The van der Waals surface area contributed by atoms with Crippen molar-refractivity contribution in [1.29, 1.82) is 5.26 Å². The first-order chi connectivity index (χ1) is 8.34. The van der Waals surface area contributed by atoms with Gasteiger partial charge in [-0.2, -0.15) is 5.26 Å². The maximum atomic E-state index is 11.2. The van der Waals surface area contributed by atoms with E-state index in [1.54, 1.807) is 44.0 Å². The van der Waals surface area contributed by atoms with Crippen LogP contribution in [-0.4, -0.2) is 30.8 Å². The number of carboxylic acids is 1. The number of rotatable bonds is 4. The number of ether oxygens (including phenoxy) is 1. The van der Waals surface area contributed by atoms with Crippen molar-refractivity contribution in [2.45, 2.75) is 19.4 Å². The average molecular weight is 248 g/mol. The van der Waals surface area contributed by atoms with Gasteiger partial charge in [-0.15, -0.1) is 0 Å². The van der Waals surface area contributed by atoms with Gasteiger partial charge in [0.15, 0.2) is 0 Å². The second kappa shape index (κ2) is 4.96. The number of anilines is 1. The zero-order valence-corrected chi connectivity index (χ0v) is 10.9. The zero-order chi connectivity index (χ0) is 13.9. The third-order valence-corrected chi connectivity index (χ3v) is 3.05. The predicted molar refractivity (Wildman–Crippen MR) is 67.8 cm³/mol. The molecular weight excluding hydrogens is 232 g/mol. The van der Waals surface area contributed by atoms with Gasteiger partial charge in [-0.3, -0.25) is 0 Å². The topological polar surface area (TPSA) is 73.6 Å². The fraction of sp³-hybridized carbons (Fsp3) is 0.385. The van der Waals surface area contributed by atoms with Crippen LogP contribution in [0, 0.1) is 11.3 Å². The number of carboxylic acid groups (broad SMARTS) is 1. The molecule has 0 saturated heterocycles. The zero-order valence-electron chi connectivity index (χ0n) is 10.9. The quantitative estimate of drug-likeness (QED) is 0.880. The highest BCUT2D eigenvalue weighted by molar-refractivity contribution is 5.83. The molecule has 0 aromatic heterocycles. The van der Waals surface area contributed by atoms with Gasteiger partial charge in [-0.25, -0.2) is 4.79 Å². The predicted octanol–water partition coefficient (Wildman–Crippen LogP) is 1.87. The normalized spacial score (nSPS) is 10.6. The summed E-state index contributed by atoms with van der Waals surface area (Å²) in [5.74, 6) is -0.381. The largest absolute Gasteiger partial charge is 0.497 e. The molecule has 1 N–H and O–H groups in total. The molecule has 0 amide bonds. The molecule has 0 fully saturated rings. The Bertz CT molecular complexity index is 503. The van der Waals surface area contributed by atoms with Crippen molar-refractivity contribution < 1.29 is 14.6 Å². The minimum Gasteiger partial charge on any atom is -0.497 e. The van der Waals surface area contributed by atoms with Gasteiger partial charge in [0.2, 0.25) is 0 Å². The summed E-state index contributed by atoms with van der Waals surface area (Å²) >= 11 is 0. The monoisotopic (exact) mass is 248 g/mol. The van der Waals surface area contributed by atoms with Crippen LogP contribution in [-0.2, 0) is 4.79 Å². The summed E-state index contributed by atoms with van der Waals surface area (Å²) in [6, 6.07) is 6.99. The minimum absolute atomic E-state index is 0.410. The molecular formula is C13H16N2O3. The molecule has 1 aromatic carbocycles. The lowest BCUT2D eigenvalue weighted by Crippen LogP contribution is -2.48. The first-order valence-electron chi connectivity index (χ1n) is 5.40. The Morgan fingerprint density at radius 1 is 1.50 bits per heavy atom. The van der Waals surface area contributed by atoms with Gasteiger partial charge < -0.3 is 14.7 Å². The van der Waals surface area contributed by atoms with Crippen molar-refractivity contribution in [2.75, 3.05) is 19.1 Å². The number of carbonyl (C=O) groups is 1. The summed E-state index contributed by atoms with van der Waals surface area (Å²) in [5, 5.41) is 18.3. The number of nitriles is 1. The van der Waals surface area contributed by atoms with E-state index >= 15 is 0 Å². The highest BCUT2D eigenvalue weighted by Crippen LogP contribution is 2.29. The molecule has 1 rings (SSSR count). The van der Waals surface area contributed by atoms with E-state index in [0.29, 0.717) is 17.0 Å². The van der Waals surface area contributed by atoms with Crippen molar-refractivity contribution in [3.63, 3.8) is 0 Å². The smallest absolute Gasteiger partial charge is 0.328 e. The average Bonchev–Trinajstić information content (AvgIpc) is 2.36. The number of aliphatic carboxylic acids is 1. The lowest BCUT2D eigenvalue weighted by Gasteiger charge is -2.34. The molecule has 0 aliphatic rings. The third kappa shape index (κ3) is 2.38. The molecule has 0 atom stereocenters. The number of benzene rings is 1. The second-order valence-electron chi connectivity index (χ2n) is 4.42. The first-order valence-corrected chi connectivity index (χ1v) is 5.40. The van der Waals surface area contributed by atoms with E-state index in [1.807, 2.05) is 6.07 Å². The van der Waals surface area contributed by atoms with Crippen LogP contribution in [0.15, 0.2) is 18.2 Å². The van der Waals surface area contributed by atoms with Crippen LogP contribution in [0.25, 0.3) is 0 Å². The molecule has 0 unspecified atom stereocenters. The number of likely N-dealkylation sites (N-methyl/N-ethyl adjacent to an activating group) is 1. The Balaban J connectivity index is 3.31. The summed E-state index contributed by atoms with van der Waals surface area (Å²) in [5.41, 5.74) is -0.172. The Kier molecular flexibility index (Phi) is 3.82. The van der Waals surface area contributed by atoms with E-state index in [0.717, 1.165) is 0 Å². The fourth-order valence-electron chi connectivity index (χ4n) is 1.46. The van der Waals surface area contributed by atoms with E-state index in [2.05, 4.69) is 0 Å². The summed E-state index contributed by atoms with van der Waals surface area (Å²) in [6.07, 6.45) is 0. The van der Waals surface area contributed by atoms with E-state index in [-0.39, 0.29) is 0 Å². The molecule has 1 aromatic rings. The molecule has 18 heavy (non-hydrogen) atoms. The van der Waals surface area contributed by atoms with Gasteiger partial charge in [0, 0.05) is 13.1 Å². The fourth-order valence-corrected chi connectivity index (χ4v) is 1.46. The molecule has 0 bridgehead atoms. The molecule has 0 saturated carbocycles. The number of nitrogens with zero attached hydrogens (tertiary/aromatic N) is 2. The van der Waals surface area contributed by atoms with Crippen molar-refractivity contribution in [3.8, 4) is 11.8 Å². The number of hydrogen-bond acceptors (Lipinski definition) is 4. The molecule has 5 nitrogen and oxygen atoms in total. The second-order valence-corrected chi connectivity index (χ2v) is 4.42. The van der Waals surface area contributed by atoms with Gasteiger partial charge >= 0.3 is 5.97 Å². The first kappa shape index (κ1) is 13.8. The van der Waals surface area contributed by atoms with Crippen molar-refractivity contribution >= 4 is 11.7 Å². The van der Waals surface area contributed by atoms with Gasteiger partial charge in [0.25, 0.3) is 0 Å². The van der Waals surface area contributed by atoms with E-state index in [4.69, 9.17) is 10.00 Å². The van der Waals surface area contributed by atoms with Crippen LogP contribution in [0.1, 0.15) is 19.4 Å². The van der Waals surface area contributed by atoms with Gasteiger partial charge in [-0.05, 0) is 26.0 Å². The highest BCUT2D eigenvalue weighted by atomic mass is 16.5. The molecule has 0 radical (unpaired) electrons. The summed E-state index contributed by atoms with van der Waals surface area (Å²) in [6.45, 7) is 3.16. The molecule has 0 aliphatic carbocycles. The Morgan fingerprint density at radius 2 is 2.11 bits per heavy atom. The van der Waals surface area contributed by atoms with Crippen molar-refractivity contribution in [2.24, 2.45) is 0 Å². The van der Waals surface area contributed by atoms with Crippen LogP contribution in [0.4, 0.5) is 5.69 Å². The third-order valence-electron chi connectivity index (χ3n) is 3.05. The van der Waals surface area contributed by atoms with Crippen LogP contribution in [0.2, 0.25) is 0 Å². The highest BCUT2D eigenvalue weighted by Gasteiger charge is 2.33. The Morgan fingerprint density at radius 3 is 2.56 bits per heavy atom. The van der Waals surface area contributed by atoms with Gasteiger partial charge in [0.1, 0.15) is 17.4 Å². The van der Waals surface area contributed by atoms with Crippen LogP contribution < -0.4 is 9.64 Å². The van der Waals surface area contributed by atoms with Crippen LogP contribution in [0.3, 0.4) is 0 Å². The molecule has 96 valence electrons. The van der Waals surface area contributed by atoms with Gasteiger partial charge in [0.05, 0.1) is 18.4 Å². The standard InChI is InChI=1S/C13H16N2O3/c1-13(2,12(16)17)15(3)11-7-10(18-4)6-5-9(11)8-14/h5-7H,1-4H3,(H,16,17). The summed E-state index contributed by atoms with van der Waals surface area (Å²) < 4.78 is 5.09. The molecule has 0 heterocycles. The van der Waals surface area contributed by atoms with E-state index in [9.17, 15) is 9.90 Å². The van der Waals surface area contributed by atoms with E-state index < -0.39 is 11.5 Å². The summed E-state index contributed by atoms with van der Waals surface area (Å²) in [7, 11) is 3.16. The summed E-state index contributed by atoms with van der Waals surface area (Å²) in [4.78, 5) is 12.8. The Labute approximate surface area is 106 Å². The van der Waals surface area contributed by atoms with Crippen molar-refractivity contribution in [1.82, 2.24) is 0 Å². The van der Waals surface area contributed by atoms with Gasteiger partial charge in [-0.1, -0.05) is 0 Å². The number of methoxy groups -OCH3 is 1. The maximum Gasteiger partial charge on any atom is 0.328 e. The SMILES string of the molecule is COc1ccc(C#N)c(N(C)C(C)(C)C(=O)O)c1.